The van der Waals surface area contributed by atoms with Gasteiger partial charge in [-0.2, -0.15) is 0 Å². The third-order valence-corrected chi connectivity index (χ3v) is 10.0. The van der Waals surface area contributed by atoms with Gasteiger partial charge in [0.05, 0.1) is 17.6 Å². The lowest BCUT2D eigenvalue weighted by molar-refractivity contribution is -0.151. The number of hydrogen-bond donors (Lipinski definition) is 2. The average Bonchev–Trinajstić information content (AvgIpc) is 3.57. The highest BCUT2D eigenvalue weighted by Gasteiger charge is 2.40. The van der Waals surface area contributed by atoms with E-state index in [1.165, 1.54) is 17.4 Å². The van der Waals surface area contributed by atoms with Crippen LogP contribution in [0.15, 0.2) is 46.0 Å². The van der Waals surface area contributed by atoms with Gasteiger partial charge in [0.25, 0.3) is 0 Å². The van der Waals surface area contributed by atoms with Crippen LogP contribution >= 0.6 is 11.3 Å². The topological polar surface area (TPSA) is 128 Å². The highest BCUT2D eigenvalue weighted by atomic mass is 32.1. The molecule has 1 aromatic heterocycles. The first kappa shape index (κ1) is 32.6. The van der Waals surface area contributed by atoms with Crippen LogP contribution in [-0.4, -0.2) is 101 Å². The van der Waals surface area contributed by atoms with Gasteiger partial charge in [-0.3, -0.25) is 14.7 Å². The first-order valence-electron chi connectivity index (χ1n) is 15.4. The summed E-state index contributed by atoms with van der Waals surface area (Å²) in [4.78, 5) is 53.6. The average molecular weight is 641 g/mol. The summed E-state index contributed by atoms with van der Waals surface area (Å²) in [6, 6.07) is 3.98. The van der Waals surface area contributed by atoms with Crippen LogP contribution in [0.25, 0.3) is 0 Å². The Morgan fingerprint density at radius 2 is 1.80 bits per heavy atom. The lowest BCUT2D eigenvalue weighted by Gasteiger charge is -2.42. The molecular formula is C32H41FN6O5S. The Morgan fingerprint density at radius 1 is 1.11 bits per heavy atom. The van der Waals surface area contributed by atoms with Crippen molar-refractivity contribution in [3.05, 3.63) is 63.0 Å². The molecule has 5 rings (SSSR count). The summed E-state index contributed by atoms with van der Waals surface area (Å²) in [5, 5.41) is 15.4. The van der Waals surface area contributed by atoms with E-state index in [-0.39, 0.29) is 24.4 Å². The minimum atomic E-state index is -0.818. The molecule has 0 spiro atoms. The minimum Gasteiger partial charge on any atom is -0.481 e. The van der Waals surface area contributed by atoms with Gasteiger partial charge in [-0.15, -0.1) is 11.3 Å². The van der Waals surface area contributed by atoms with E-state index in [9.17, 15) is 23.9 Å². The summed E-state index contributed by atoms with van der Waals surface area (Å²) in [6.07, 6.45) is 3.01. The molecule has 2 saturated heterocycles. The summed E-state index contributed by atoms with van der Waals surface area (Å²) in [6.45, 7) is 10.8. The molecule has 0 saturated carbocycles. The lowest BCUT2D eigenvalue weighted by atomic mass is 9.74. The highest BCUT2D eigenvalue weighted by Crippen LogP contribution is 2.37. The number of urea groups is 1. The van der Waals surface area contributed by atoms with E-state index in [1.54, 1.807) is 46.0 Å². The number of piperidine rings is 1. The fourth-order valence-corrected chi connectivity index (χ4v) is 6.84. The van der Waals surface area contributed by atoms with E-state index in [0.29, 0.717) is 91.9 Å². The molecule has 3 aliphatic heterocycles. The number of nitrogens with one attached hydrogen (secondary N) is 1. The molecule has 2 amide bonds. The number of halogens is 1. The predicted octanol–water partition coefficient (Wildman–Crippen LogP) is 4.06. The largest absolute Gasteiger partial charge is 0.481 e. The molecule has 1 aromatic carbocycles. The summed E-state index contributed by atoms with van der Waals surface area (Å²) in [5.74, 6) is -1.17. The molecule has 2 aromatic rings. The molecular weight excluding hydrogens is 599 g/mol. The van der Waals surface area contributed by atoms with Crippen molar-refractivity contribution in [2.75, 3.05) is 52.4 Å². The summed E-state index contributed by atoms with van der Waals surface area (Å²) >= 11 is 1.41. The maximum absolute atomic E-state index is 14.7. The molecule has 2 fully saturated rings. The number of amides is 2. The maximum Gasteiger partial charge on any atom is 0.338 e. The van der Waals surface area contributed by atoms with E-state index in [4.69, 9.17) is 9.73 Å². The van der Waals surface area contributed by atoms with Gasteiger partial charge in [-0.1, -0.05) is 12.1 Å². The Bertz CT molecular complexity index is 1480. The van der Waals surface area contributed by atoms with Gasteiger partial charge in [0.15, 0.2) is 10.8 Å². The number of esters is 1. The van der Waals surface area contributed by atoms with Crippen molar-refractivity contribution in [2.24, 2.45) is 16.3 Å². The number of rotatable bonds is 8. The number of carbonyl (C=O) groups is 3. The van der Waals surface area contributed by atoms with Crippen molar-refractivity contribution >= 4 is 35.1 Å². The van der Waals surface area contributed by atoms with Crippen molar-refractivity contribution in [3.63, 3.8) is 0 Å². The van der Waals surface area contributed by atoms with Crippen LogP contribution in [0.4, 0.5) is 9.18 Å². The molecule has 242 valence electrons. The number of carboxylic acids is 1. The molecule has 11 nitrogen and oxygen atoms in total. The van der Waals surface area contributed by atoms with Crippen LogP contribution < -0.4 is 5.32 Å². The zero-order chi connectivity index (χ0) is 32.3. The monoisotopic (exact) mass is 640 g/mol. The van der Waals surface area contributed by atoms with Crippen molar-refractivity contribution in [3.8, 4) is 0 Å². The van der Waals surface area contributed by atoms with Gasteiger partial charge in [-0.25, -0.2) is 19.0 Å². The smallest absolute Gasteiger partial charge is 0.338 e. The van der Waals surface area contributed by atoms with Crippen molar-refractivity contribution < 1.29 is 28.6 Å². The number of aliphatic imine (C=N–C) groups is 1. The molecule has 1 unspecified atom stereocenters. The van der Waals surface area contributed by atoms with Gasteiger partial charge in [0.2, 0.25) is 0 Å². The predicted molar refractivity (Wildman–Crippen MR) is 168 cm³/mol. The number of hydrogen-bond acceptors (Lipinski definition) is 9. The number of carbonyl (C=O) groups excluding carboxylic acids is 2. The van der Waals surface area contributed by atoms with Gasteiger partial charge in [-0.05, 0) is 63.6 Å². The first-order valence-corrected chi connectivity index (χ1v) is 16.3. The normalized spacial score (nSPS) is 20.1. The molecule has 3 aliphatic rings. The summed E-state index contributed by atoms with van der Waals surface area (Å²) in [7, 11) is 0. The van der Waals surface area contributed by atoms with Crippen molar-refractivity contribution in [1.82, 2.24) is 25.0 Å². The van der Waals surface area contributed by atoms with Gasteiger partial charge >= 0.3 is 18.0 Å². The lowest BCUT2D eigenvalue weighted by Crippen LogP contribution is -2.55. The Morgan fingerprint density at radius 3 is 2.42 bits per heavy atom. The number of aromatic nitrogens is 1. The third kappa shape index (κ3) is 6.89. The Kier molecular flexibility index (Phi) is 9.88. The second-order valence-electron chi connectivity index (χ2n) is 12.2. The molecule has 0 radical (unpaired) electrons. The van der Waals surface area contributed by atoms with Crippen molar-refractivity contribution in [1.29, 1.82) is 0 Å². The van der Waals surface area contributed by atoms with E-state index < -0.39 is 23.4 Å². The summed E-state index contributed by atoms with van der Waals surface area (Å²) in [5.41, 5.74) is 1.12. The summed E-state index contributed by atoms with van der Waals surface area (Å²) < 4.78 is 20.2. The number of piperazine rings is 1. The van der Waals surface area contributed by atoms with Gasteiger partial charge < -0.3 is 25.0 Å². The number of benzene rings is 1. The van der Waals surface area contributed by atoms with Crippen molar-refractivity contribution in [2.45, 2.75) is 46.6 Å². The molecule has 2 N–H and O–H groups in total. The van der Waals surface area contributed by atoms with Crippen LogP contribution in [0.2, 0.25) is 0 Å². The molecule has 45 heavy (non-hydrogen) atoms. The molecule has 0 aliphatic carbocycles. The zero-order valence-corrected chi connectivity index (χ0v) is 27.0. The SMILES string of the molecule is CCOC(=O)C1=C(CN2CCN(C(=O)N3CCC(C(C)(C)C(=O)O)CC3)CC2)NC(c2nccs2)=NC1c1cccc(F)c1C. The number of carboxylic acid groups (broad SMARTS) is 1. The maximum atomic E-state index is 14.7. The third-order valence-electron chi connectivity index (χ3n) is 9.22. The number of aliphatic carboxylic acids is 1. The fourth-order valence-electron chi connectivity index (χ4n) is 6.25. The Balaban J connectivity index is 1.32. The van der Waals surface area contributed by atoms with Crippen LogP contribution in [0.5, 0.6) is 0 Å². The van der Waals surface area contributed by atoms with E-state index in [2.05, 4.69) is 15.2 Å². The second-order valence-corrected chi connectivity index (χ2v) is 13.1. The number of ether oxygens (including phenoxy) is 1. The van der Waals surface area contributed by atoms with E-state index in [0.717, 1.165) is 0 Å². The Labute approximate surface area is 266 Å². The number of amidine groups is 1. The standard InChI is InChI=1S/C32H41FN6O5S/c1-5-44-29(40)25-24(35-27(28-34-11-18-45-28)36-26(25)22-7-6-8-23(33)20(22)2)19-37-14-16-39(17-15-37)31(43)38-12-9-21(10-13-38)32(3,4)30(41)42/h6-8,11,18,21,26H,5,9-10,12-17,19H2,1-4H3,(H,35,36)(H,41,42). The Hall–Kier alpha value is -3.84. The quantitative estimate of drug-likeness (QED) is 0.414. The first-order chi connectivity index (χ1) is 21.5. The van der Waals surface area contributed by atoms with E-state index >= 15 is 0 Å². The molecule has 0 bridgehead atoms. The zero-order valence-electron chi connectivity index (χ0n) is 26.2. The van der Waals surface area contributed by atoms with Gasteiger partial charge in [0.1, 0.15) is 11.9 Å². The number of thiazole rings is 1. The van der Waals surface area contributed by atoms with Crippen LogP contribution in [0.3, 0.4) is 0 Å². The highest BCUT2D eigenvalue weighted by molar-refractivity contribution is 7.11. The van der Waals surface area contributed by atoms with Crippen LogP contribution in [-0.2, 0) is 14.3 Å². The number of nitrogens with zero attached hydrogens (tertiary/aromatic N) is 5. The molecule has 13 heteroatoms. The fraction of sp³-hybridized carbons (Fsp3) is 0.531. The molecule has 1 atom stereocenters. The van der Waals surface area contributed by atoms with Crippen LogP contribution in [0.1, 0.15) is 55.8 Å². The van der Waals surface area contributed by atoms with Crippen LogP contribution in [0, 0.1) is 24.1 Å². The molecule has 4 heterocycles. The van der Waals surface area contributed by atoms with E-state index in [1.807, 2.05) is 15.2 Å². The minimum absolute atomic E-state index is 0.0247. The number of likely N-dealkylation sites (tertiary alicyclic amines) is 1. The van der Waals surface area contributed by atoms with Gasteiger partial charge in [0, 0.05) is 63.1 Å². The second kappa shape index (κ2) is 13.7.